The molecular formula is C15H23N3. The van der Waals surface area contributed by atoms with Crippen LogP contribution in [0.25, 0.3) is 0 Å². The van der Waals surface area contributed by atoms with Crippen LogP contribution < -0.4 is 5.73 Å². The summed E-state index contributed by atoms with van der Waals surface area (Å²) in [6.07, 6.45) is 4.00. The highest BCUT2D eigenvalue weighted by molar-refractivity contribution is 5.94. The molecule has 1 unspecified atom stereocenters. The maximum atomic E-state index is 7.38. The van der Waals surface area contributed by atoms with Gasteiger partial charge < -0.3 is 5.73 Å². The summed E-state index contributed by atoms with van der Waals surface area (Å²) < 4.78 is 0. The lowest BCUT2D eigenvalue weighted by atomic mass is 9.95. The maximum absolute atomic E-state index is 7.38. The highest BCUT2D eigenvalue weighted by Crippen LogP contribution is 2.20. The number of likely N-dealkylation sites (tertiary alicyclic amines) is 1. The van der Waals surface area contributed by atoms with Crippen molar-refractivity contribution in [1.29, 1.82) is 5.41 Å². The molecule has 0 bridgehead atoms. The summed E-state index contributed by atoms with van der Waals surface area (Å²) in [5.74, 6) is 1.01. The Labute approximate surface area is 109 Å². The van der Waals surface area contributed by atoms with Gasteiger partial charge in [0.25, 0.3) is 0 Å². The van der Waals surface area contributed by atoms with Crippen molar-refractivity contribution >= 4 is 5.84 Å². The molecule has 3 N–H and O–H groups in total. The second-order valence-corrected chi connectivity index (χ2v) is 5.26. The predicted molar refractivity (Wildman–Crippen MR) is 75.8 cm³/mol. The van der Waals surface area contributed by atoms with E-state index in [0.29, 0.717) is 0 Å². The standard InChI is InChI=1S/C15H23N3/c1-2-12-4-3-9-18(10-12)11-13-5-7-14(8-6-13)15(16)17/h5-8,12H,2-4,9-11H2,1H3,(H3,16,17). The number of nitrogens with one attached hydrogen (secondary N) is 1. The zero-order valence-electron chi connectivity index (χ0n) is 11.2. The molecule has 1 aromatic carbocycles. The van der Waals surface area contributed by atoms with Crippen molar-refractivity contribution in [2.45, 2.75) is 32.7 Å². The summed E-state index contributed by atoms with van der Waals surface area (Å²) in [5.41, 5.74) is 7.58. The van der Waals surface area contributed by atoms with Crippen molar-refractivity contribution in [2.24, 2.45) is 11.7 Å². The van der Waals surface area contributed by atoms with Crippen LogP contribution in [0.3, 0.4) is 0 Å². The van der Waals surface area contributed by atoms with Crippen molar-refractivity contribution in [3.05, 3.63) is 35.4 Å². The van der Waals surface area contributed by atoms with Crippen LogP contribution in [-0.4, -0.2) is 23.8 Å². The van der Waals surface area contributed by atoms with Gasteiger partial charge in [-0.3, -0.25) is 10.3 Å². The van der Waals surface area contributed by atoms with Gasteiger partial charge in [-0.1, -0.05) is 37.6 Å². The summed E-state index contributed by atoms with van der Waals surface area (Å²) in [6.45, 7) is 5.75. The van der Waals surface area contributed by atoms with Crippen molar-refractivity contribution in [3.8, 4) is 0 Å². The smallest absolute Gasteiger partial charge is 0.122 e. The lowest BCUT2D eigenvalue weighted by Gasteiger charge is -2.32. The van der Waals surface area contributed by atoms with Crippen LogP contribution >= 0.6 is 0 Å². The second-order valence-electron chi connectivity index (χ2n) is 5.26. The maximum Gasteiger partial charge on any atom is 0.122 e. The van der Waals surface area contributed by atoms with Crippen LogP contribution in [0.1, 0.15) is 37.3 Å². The molecule has 1 aliphatic rings. The number of piperidine rings is 1. The summed E-state index contributed by atoms with van der Waals surface area (Å²) in [5, 5.41) is 7.38. The molecular weight excluding hydrogens is 222 g/mol. The first-order chi connectivity index (χ1) is 8.69. The summed E-state index contributed by atoms with van der Waals surface area (Å²) in [7, 11) is 0. The topological polar surface area (TPSA) is 53.1 Å². The number of nitrogens with zero attached hydrogens (tertiary/aromatic N) is 1. The number of amidine groups is 1. The van der Waals surface area contributed by atoms with E-state index in [4.69, 9.17) is 11.1 Å². The Hall–Kier alpha value is -1.35. The molecule has 0 aromatic heterocycles. The quantitative estimate of drug-likeness (QED) is 0.633. The van der Waals surface area contributed by atoms with Crippen molar-refractivity contribution in [2.75, 3.05) is 13.1 Å². The van der Waals surface area contributed by atoms with Crippen LogP contribution in [0.2, 0.25) is 0 Å². The minimum absolute atomic E-state index is 0.144. The van der Waals surface area contributed by atoms with E-state index in [0.717, 1.165) is 18.0 Å². The predicted octanol–water partition coefficient (Wildman–Crippen LogP) is 2.59. The van der Waals surface area contributed by atoms with Crippen molar-refractivity contribution in [1.82, 2.24) is 4.90 Å². The Morgan fingerprint density at radius 1 is 1.39 bits per heavy atom. The fourth-order valence-corrected chi connectivity index (χ4v) is 2.68. The van der Waals surface area contributed by atoms with Crippen molar-refractivity contribution in [3.63, 3.8) is 0 Å². The molecule has 3 heteroatoms. The monoisotopic (exact) mass is 245 g/mol. The number of benzene rings is 1. The first-order valence-electron chi connectivity index (χ1n) is 6.84. The highest BCUT2D eigenvalue weighted by Gasteiger charge is 2.18. The molecule has 1 fully saturated rings. The zero-order valence-corrected chi connectivity index (χ0v) is 11.2. The van der Waals surface area contributed by atoms with Gasteiger partial charge in [-0.25, -0.2) is 0 Å². The van der Waals surface area contributed by atoms with Gasteiger partial charge in [0.15, 0.2) is 0 Å². The molecule has 0 spiro atoms. The van der Waals surface area contributed by atoms with E-state index in [1.165, 1.54) is 37.9 Å². The van der Waals surface area contributed by atoms with Gasteiger partial charge >= 0.3 is 0 Å². The van der Waals surface area contributed by atoms with Gasteiger partial charge in [0.2, 0.25) is 0 Å². The molecule has 2 rings (SSSR count). The SMILES string of the molecule is CCC1CCCN(Cc2ccc(C(=N)N)cc2)C1. The Balaban J connectivity index is 1.94. The molecule has 1 aliphatic heterocycles. The van der Waals surface area contributed by atoms with E-state index in [2.05, 4.69) is 24.0 Å². The molecule has 0 saturated carbocycles. The van der Waals surface area contributed by atoms with E-state index in [1.807, 2.05) is 12.1 Å². The molecule has 1 atom stereocenters. The first kappa shape index (κ1) is 13.1. The van der Waals surface area contributed by atoms with Gasteiger partial charge in [0.1, 0.15) is 5.84 Å². The molecule has 3 nitrogen and oxygen atoms in total. The third-order valence-electron chi connectivity index (χ3n) is 3.85. The highest BCUT2D eigenvalue weighted by atomic mass is 15.1. The molecule has 0 radical (unpaired) electrons. The fourth-order valence-electron chi connectivity index (χ4n) is 2.68. The fraction of sp³-hybridized carbons (Fsp3) is 0.533. The van der Waals surface area contributed by atoms with Crippen LogP contribution in [-0.2, 0) is 6.54 Å². The average Bonchev–Trinajstić information content (AvgIpc) is 2.39. The van der Waals surface area contributed by atoms with Gasteiger partial charge in [-0.15, -0.1) is 0 Å². The zero-order chi connectivity index (χ0) is 13.0. The number of rotatable bonds is 4. The molecule has 98 valence electrons. The van der Waals surface area contributed by atoms with E-state index >= 15 is 0 Å². The molecule has 1 saturated heterocycles. The van der Waals surface area contributed by atoms with E-state index in [1.54, 1.807) is 0 Å². The van der Waals surface area contributed by atoms with E-state index in [9.17, 15) is 0 Å². The molecule has 0 amide bonds. The van der Waals surface area contributed by atoms with Crippen LogP contribution in [0.4, 0.5) is 0 Å². The Bertz CT molecular complexity index is 397. The van der Waals surface area contributed by atoms with E-state index in [-0.39, 0.29) is 5.84 Å². The van der Waals surface area contributed by atoms with Gasteiger partial charge in [0.05, 0.1) is 0 Å². The number of nitrogens with two attached hydrogens (primary N) is 1. The summed E-state index contributed by atoms with van der Waals surface area (Å²) in [6, 6.07) is 8.07. The molecule has 1 heterocycles. The molecule has 0 aliphatic carbocycles. The lowest BCUT2D eigenvalue weighted by Crippen LogP contribution is -2.34. The Kier molecular flexibility index (Phi) is 4.37. The molecule has 18 heavy (non-hydrogen) atoms. The third-order valence-corrected chi connectivity index (χ3v) is 3.85. The lowest BCUT2D eigenvalue weighted by molar-refractivity contribution is 0.165. The second kappa shape index (κ2) is 6.01. The minimum Gasteiger partial charge on any atom is -0.384 e. The van der Waals surface area contributed by atoms with Crippen molar-refractivity contribution < 1.29 is 0 Å². The minimum atomic E-state index is 0.144. The average molecular weight is 245 g/mol. The van der Waals surface area contributed by atoms with Gasteiger partial charge in [-0.2, -0.15) is 0 Å². The Morgan fingerprint density at radius 3 is 2.72 bits per heavy atom. The number of hydrogen-bond donors (Lipinski definition) is 2. The van der Waals surface area contributed by atoms with Gasteiger partial charge in [0, 0.05) is 18.7 Å². The van der Waals surface area contributed by atoms with Crippen LogP contribution in [0, 0.1) is 11.3 Å². The van der Waals surface area contributed by atoms with Gasteiger partial charge in [-0.05, 0) is 30.9 Å². The van der Waals surface area contributed by atoms with E-state index < -0.39 is 0 Å². The van der Waals surface area contributed by atoms with Crippen LogP contribution in [0.5, 0.6) is 0 Å². The normalized spacial score (nSPS) is 20.8. The summed E-state index contributed by atoms with van der Waals surface area (Å²) in [4.78, 5) is 2.54. The molecule has 1 aromatic rings. The largest absolute Gasteiger partial charge is 0.384 e. The van der Waals surface area contributed by atoms with Crippen LogP contribution in [0.15, 0.2) is 24.3 Å². The number of hydrogen-bond acceptors (Lipinski definition) is 2. The Morgan fingerprint density at radius 2 is 2.11 bits per heavy atom. The number of nitrogen functional groups attached to an aromatic ring is 1. The first-order valence-corrected chi connectivity index (χ1v) is 6.84. The summed E-state index contributed by atoms with van der Waals surface area (Å²) >= 11 is 0. The third kappa shape index (κ3) is 3.33.